The number of hydrogen-bond donors (Lipinski definition) is 2. The third kappa shape index (κ3) is 11.8. The molecule has 24 heavy (non-hydrogen) atoms. The van der Waals surface area contributed by atoms with Crippen molar-refractivity contribution >= 4 is 30.5 Å². The van der Waals surface area contributed by atoms with Gasteiger partial charge in [-0.15, -0.1) is 82.1 Å². The minimum atomic E-state index is 0.584. The molecule has 0 aliphatic rings. The van der Waals surface area contributed by atoms with Crippen LogP contribution in [0.1, 0.15) is 25.0 Å². The molecule has 0 bridgehead atoms. The van der Waals surface area contributed by atoms with Gasteiger partial charge in [-0.2, -0.15) is 0 Å². The van der Waals surface area contributed by atoms with Crippen molar-refractivity contribution in [1.82, 2.24) is 0 Å². The van der Waals surface area contributed by atoms with Crippen molar-refractivity contribution < 1.29 is 46.8 Å². The Morgan fingerprint density at radius 2 is 1.12 bits per heavy atom. The third-order valence-corrected chi connectivity index (χ3v) is 2.50. The predicted octanol–water partition coefficient (Wildman–Crippen LogP) is 4.74. The summed E-state index contributed by atoms with van der Waals surface area (Å²) in [6.45, 7) is 3.46. The number of benzene rings is 2. The van der Waals surface area contributed by atoms with E-state index in [0.29, 0.717) is 11.4 Å². The van der Waals surface area contributed by atoms with Crippen LogP contribution in [0.5, 0.6) is 0 Å². The molecule has 0 aliphatic carbocycles. The number of hydrogen-bond acceptors (Lipinski definition) is 4. The van der Waals surface area contributed by atoms with E-state index in [0.717, 1.165) is 11.1 Å². The Morgan fingerprint density at radius 1 is 0.792 bits per heavy atom. The molecule has 0 fully saturated rings. The SMILES string of the molecule is C/C(=N\O)c1[c-]cccc1.C/C(=N\O)c1[c-]cccc1.[Cl][Pd+].[Cl][Pd+]. The molecule has 2 N–H and O–H groups in total. The fourth-order valence-corrected chi connectivity index (χ4v) is 1.34. The molecular formula is C16H16Cl2N2O2Pd2. The van der Waals surface area contributed by atoms with Gasteiger partial charge in [0, 0.05) is 11.4 Å². The van der Waals surface area contributed by atoms with Crippen molar-refractivity contribution in [2.24, 2.45) is 10.3 Å². The van der Waals surface area contributed by atoms with Gasteiger partial charge >= 0.3 is 55.4 Å². The molecule has 0 unspecified atom stereocenters. The zero-order valence-electron chi connectivity index (χ0n) is 12.8. The van der Waals surface area contributed by atoms with Gasteiger partial charge in [-0.05, 0) is 0 Å². The zero-order valence-corrected chi connectivity index (χ0v) is 17.4. The Labute approximate surface area is 172 Å². The van der Waals surface area contributed by atoms with Crippen LogP contribution in [-0.4, -0.2) is 21.8 Å². The number of rotatable bonds is 2. The second kappa shape index (κ2) is 18.6. The van der Waals surface area contributed by atoms with E-state index in [2.05, 4.69) is 77.9 Å². The molecule has 0 aromatic heterocycles. The van der Waals surface area contributed by atoms with E-state index in [9.17, 15) is 0 Å². The van der Waals surface area contributed by atoms with Gasteiger partial charge in [-0.25, -0.2) is 0 Å². The van der Waals surface area contributed by atoms with Crippen LogP contribution in [0.2, 0.25) is 0 Å². The standard InChI is InChI=1S/2C8H8NO.2ClH.2Pd/c2*1-7(9-10)8-5-3-2-4-6-8;;;;/h2*2-5,10H,1H3;2*1H;;/q2*-1;;;2*+2/p-2/b2*9-7+;;;;. The molecule has 0 heterocycles. The van der Waals surface area contributed by atoms with Crippen LogP contribution in [0, 0.1) is 12.1 Å². The van der Waals surface area contributed by atoms with Crippen LogP contribution < -0.4 is 0 Å². The summed E-state index contributed by atoms with van der Waals surface area (Å²) >= 11 is 4.44. The molecule has 2 rings (SSSR count). The zero-order chi connectivity index (χ0) is 18.8. The van der Waals surface area contributed by atoms with E-state index in [1.165, 1.54) is 0 Å². The van der Waals surface area contributed by atoms with Crippen LogP contribution in [-0.2, 0) is 36.4 Å². The second-order valence-corrected chi connectivity index (χ2v) is 3.92. The third-order valence-electron chi connectivity index (χ3n) is 2.50. The average Bonchev–Trinajstić information content (AvgIpc) is 2.71. The van der Waals surface area contributed by atoms with Crippen LogP contribution in [0.4, 0.5) is 0 Å². The molecule has 4 nitrogen and oxygen atoms in total. The van der Waals surface area contributed by atoms with E-state index in [1.807, 2.05) is 36.4 Å². The van der Waals surface area contributed by atoms with Crippen molar-refractivity contribution in [1.29, 1.82) is 0 Å². The Bertz CT molecular complexity index is 530. The van der Waals surface area contributed by atoms with Crippen molar-refractivity contribution in [3.8, 4) is 0 Å². The van der Waals surface area contributed by atoms with E-state index < -0.39 is 0 Å². The van der Waals surface area contributed by atoms with Crippen LogP contribution in [0.15, 0.2) is 58.8 Å². The van der Waals surface area contributed by atoms with Gasteiger partial charge in [0.2, 0.25) is 0 Å². The molecule has 136 valence electrons. The average molecular weight is 552 g/mol. The molecule has 8 heteroatoms. The second-order valence-electron chi connectivity index (χ2n) is 3.92. The van der Waals surface area contributed by atoms with Crippen LogP contribution >= 0.6 is 19.1 Å². The molecule has 0 atom stereocenters. The van der Waals surface area contributed by atoms with Gasteiger partial charge in [-0.3, -0.25) is 0 Å². The fourth-order valence-electron chi connectivity index (χ4n) is 1.34. The number of oxime groups is 2. The fraction of sp³-hybridized carbons (Fsp3) is 0.125. The molecule has 2 aromatic carbocycles. The van der Waals surface area contributed by atoms with E-state index in [-0.39, 0.29) is 0 Å². The summed E-state index contributed by atoms with van der Waals surface area (Å²) in [7, 11) is 8.98. The summed E-state index contributed by atoms with van der Waals surface area (Å²) < 4.78 is 0. The summed E-state index contributed by atoms with van der Waals surface area (Å²) in [6, 6.07) is 20.6. The summed E-state index contributed by atoms with van der Waals surface area (Å²) in [5.41, 5.74) is 2.82. The molecule has 0 aliphatic heterocycles. The Kier molecular flexibility index (Phi) is 19.8. The number of halogens is 2. The van der Waals surface area contributed by atoms with Gasteiger partial charge in [-0.1, -0.05) is 13.8 Å². The van der Waals surface area contributed by atoms with E-state index >= 15 is 0 Å². The monoisotopic (exact) mass is 550 g/mol. The van der Waals surface area contributed by atoms with Crippen molar-refractivity contribution in [2.45, 2.75) is 13.8 Å². The first-order valence-corrected chi connectivity index (χ1v) is 10.2. The van der Waals surface area contributed by atoms with E-state index in [4.69, 9.17) is 10.4 Å². The number of nitrogens with zero attached hydrogens (tertiary/aromatic N) is 2. The van der Waals surface area contributed by atoms with Gasteiger partial charge in [0.25, 0.3) is 0 Å². The van der Waals surface area contributed by atoms with Crippen LogP contribution in [0.3, 0.4) is 0 Å². The molecule has 0 spiro atoms. The van der Waals surface area contributed by atoms with Gasteiger partial charge in [0.15, 0.2) is 0 Å². The first kappa shape index (κ1) is 25.5. The first-order valence-electron chi connectivity index (χ1n) is 6.24. The summed E-state index contributed by atoms with van der Waals surface area (Å²) in [4.78, 5) is 0. The molecular weight excluding hydrogens is 536 g/mol. The Balaban J connectivity index is 0. The molecule has 0 saturated heterocycles. The van der Waals surface area contributed by atoms with E-state index in [1.54, 1.807) is 26.0 Å². The molecule has 2 aromatic rings. The topological polar surface area (TPSA) is 65.2 Å². The molecule has 0 amide bonds. The minimum absolute atomic E-state index is 0.584. The van der Waals surface area contributed by atoms with Crippen LogP contribution in [0.25, 0.3) is 0 Å². The molecule has 0 radical (unpaired) electrons. The van der Waals surface area contributed by atoms with Crippen molar-refractivity contribution in [2.75, 3.05) is 0 Å². The van der Waals surface area contributed by atoms with Gasteiger partial charge in [0.1, 0.15) is 0 Å². The summed E-state index contributed by atoms with van der Waals surface area (Å²) in [6.07, 6.45) is 0. The van der Waals surface area contributed by atoms with Gasteiger partial charge < -0.3 is 10.4 Å². The Hall–Kier alpha value is -0.715. The summed E-state index contributed by atoms with van der Waals surface area (Å²) in [5, 5.41) is 22.8. The van der Waals surface area contributed by atoms with Crippen molar-refractivity contribution in [3.63, 3.8) is 0 Å². The normalized spacial score (nSPS) is 10.2. The quantitative estimate of drug-likeness (QED) is 0.186. The van der Waals surface area contributed by atoms with Crippen molar-refractivity contribution in [3.05, 3.63) is 71.8 Å². The first-order chi connectivity index (χ1) is 11.7. The predicted molar refractivity (Wildman–Crippen MR) is 90.3 cm³/mol. The summed E-state index contributed by atoms with van der Waals surface area (Å²) in [5.74, 6) is 0. The Morgan fingerprint density at radius 3 is 1.33 bits per heavy atom. The molecule has 0 saturated carbocycles. The maximum absolute atomic E-state index is 8.36. The maximum atomic E-state index is 8.36. The van der Waals surface area contributed by atoms with Gasteiger partial charge in [0.05, 0.1) is 0 Å².